The van der Waals surface area contributed by atoms with Crippen LogP contribution in [0.3, 0.4) is 0 Å². The van der Waals surface area contributed by atoms with Crippen LogP contribution in [-0.4, -0.2) is 9.13 Å². The lowest BCUT2D eigenvalue weighted by molar-refractivity contribution is 0.593. The highest BCUT2D eigenvalue weighted by Gasteiger charge is 2.28. The zero-order chi connectivity index (χ0) is 52.0. The molecule has 0 saturated heterocycles. The van der Waals surface area contributed by atoms with Gasteiger partial charge in [0.05, 0.1) is 40.3 Å². The molecule has 13 aromatic rings. The van der Waals surface area contributed by atoms with Crippen molar-refractivity contribution in [3.8, 4) is 62.0 Å². The van der Waals surface area contributed by atoms with Gasteiger partial charge in [0, 0.05) is 27.5 Å². The Hall–Kier alpha value is -9.48. The number of hydrogen-bond acceptors (Lipinski definition) is 1. The van der Waals surface area contributed by atoms with Crippen molar-refractivity contribution in [2.45, 2.75) is 52.4 Å². The molecule has 0 saturated carbocycles. The number of hydrogen-bond donors (Lipinski definition) is 0. The van der Waals surface area contributed by atoms with Crippen LogP contribution in [0.4, 0.5) is 5.69 Å². The van der Waals surface area contributed by atoms with Crippen LogP contribution >= 0.6 is 0 Å². The van der Waals surface area contributed by atoms with E-state index in [2.05, 4.69) is 244 Å². The number of nitriles is 1. The second kappa shape index (κ2) is 17.6. The summed E-state index contributed by atoms with van der Waals surface area (Å²) < 4.78 is 4.59. The van der Waals surface area contributed by atoms with Crippen molar-refractivity contribution in [2.24, 2.45) is 0 Å². The number of nitrogens with zero attached hydrogens (tertiary/aromatic N) is 4. The Kier molecular flexibility index (Phi) is 10.7. The molecular formula is C72H54N4. The molecule has 0 N–H and O–H groups in total. The standard InChI is InChI=1S/C72H54N4/c1-71(2,3)69-58-33-28-51(47-21-25-49(26-22-47)53-30-36-67-61(40-53)62-43-54(74-7)31-37-68(62)76(67)56-16-12-9-13-17-56)42-64(58)70(72(4,5)6)57-32-27-50(41-63(57)69)46-19-23-48(24-20-46)52-29-35-66-60(39-52)59-38-45(44-73)18-34-65(59)75(66)55-14-10-8-11-15-55/h8-43H,1-6H3. The van der Waals surface area contributed by atoms with Gasteiger partial charge in [0.1, 0.15) is 0 Å². The minimum absolute atomic E-state index is 0.138. The molecule has 0 spiro atoms. The Balaban J connectivity index is 0.864. The van der Waals surface area contributed by atoms with Gasteiger partial charge >= 0.3 is 0 Å². The molecule has 0 aliphatic carbocycles. The largest absolute Gasteiger partial charge is 0.309 e. The molecule has 0 bridgehead atoms. The van der Waals surface area contributed by atoms with Gasteiger partial charge < -0.3 is 9.13 Å². The van der Waals surface area contributed by atoms with Gasteiger partial charge in [0.15, 0.2) is 5.69 Å². The highest BCUT2D eigenvalue weighted by atomic mass is 15.0. The summed E-state index contributed by atoms with van der Waals surface area (Å²) >= 11 is 0. The number of rotatable bonds is 6. The Labute approximate surface area is 443 Å². The fourth-order valence-electron chi connectivity index (χ4n) is 12.2. The van der Waals surface area contributed by atoms with Crippen LogP contribution in [0.5, 0.6) is 0 Å². The van der Waals surface area contributed by atoms with Gasteiger partial charge in [-0.25, -0.2) is 4.85 Å². The van der Waals surface area contributed by atoms with Crippen LogP contribution < -0.4 is 0 Å². The summed E-state index contributed by atoms with van der Waals surface area (Å²) in [7, 11) is 0. The van der Waals surface area contributed by atoms with Crippen molar-refractivity contribution >= 4 is 70.8 Å². The van der Waals surface area contributed by atoms with Gasteiger partial charge in [-0.15, -0.1) is 0 Å². The molecule has 4 nitrogen and oxygen atoms in total. The third-order valence-electron chi connectivity index (χ3n) is 15.5. The fourth-order valence-corrected chi connectivity index (χ4v) is 12.2. The average molecular weight is 975 g/mol. The highest BCUT2D eigenvalue weighted by Crippen LogP contribution is 2.47. The lowest BCUT2D eigenvalue weighted by atomic mass is 9.73. The van der Waals surface area contributed by atoms with E-state index in [9.17, 15) is 5.26 Å². The summed E-state index contributed by atoms with van der Waals surface area (Å²) in [6.45, 7) is 21.8. The second-order valence-corrected chi connectivity index (χ2v) is 22.4. The molecule has 2 heterocycles. The Morgan fingerprint density at radius 1 is 0.342 bits per heavy atom. The van der Waals surface area contributed by atoms with Crippen molar-refractivity contribution in [1.29, 1.82) is 5.26 Å². The van der Waals surface area contributed by atoms with E-state index in [-0.39, 0.29) is 10.8 Å². The summed E-state index contributed by atoms with van der Waals surface area (Å²) in [4.78, 5) is 3.78. The summed E-state index contributed by atoms with van der Waals surface area (Å²) in [5.74, 6) is 0. The Morgan fingerprint density at radius 2 is 0.671 bits per heavy atom. The van der Waals surface area contributed by atoms with Gasteiger partial charge in [0.2, 0.25) is 0 Å². The summed E-state index contributed by atoms with van der Waals surface area (Å²) in [6, 6.07) is 81.0. The number of fused-ring (bicyclic) bond motifs is 8. The maximum Gasteiger partial charge on any atom is 0.188 e. The maximum atomic E-state index is 9.85. The summed E-state index contributed by atoms with van der Waals surface area (Å²) in [5, 5.41) is 19.5. The van der Waals surface area contributed by atoms with Gasteiger partial charge in [-0.2, -0.15) is 5.26 Å². The highest BCUT2D eigenvalue weighted by molar-refractivity contribution is 6.13. The molecule has 76 heavy (non-hydrogen) atoms. The van der Waals surface area contributed by atoms with E-state index in [0.29, 0.717) is 11.3 Å². The smallest absolute Gasteiger partial charge is 0.188 e. The van der Waals surface area contributed by atoms with Gasteiger partial charge in [0.25, 0.3) is 0 Å². The lowest BCUT2D eigenvalue weighted by Crippen LogP contribution is -2.17. The number of para-hydroxylation sites is 2. The number of benzene rings is 11. The van der Waals surface area contributed by atoms with Crippen LogP contribution in [0.25, 0.3) is 126 Å². The van der Waals surface area contributed by atoms with Gasteiger partial charge in [-0.1, -0.05) is 169 Å². The van der Waals surface area contributed by atoms with E-state index >= 15 is 0 Å². The van der Waals surface area contributed by atoms with E-state index in [4.69, 9.17) is 6.57 Å². The molecule has 0 radical (unpaired) electrons. The minimum atomic E-state index is -0.138. The first kappa shape index (κ1) is 46.3. The summed E-state index contributed by atoms with van der Waals surface area (Å²) in [6.07, 6.45) is 0. The third-order valence-corrected chi connectivity index (χ3v) is 15.5. The quantitative estimate of drug-likeness (QED) is 0.121. The monoisotopic (exact) mass is 974 g/mol. The zero-order valence-electron chi connectivity index (χ0n) is 43.6. The van der Waals surface area contributed by atoms with Crippen molar-refractivity contribution in [3.05, 3.63) is 246 Å². The zero-order valence-corrected chi connectivity index (χ0v) is 43.6. The lowest BCUT2D eigenvalue weighted by Gasteiger charge is -2.31. The van der Waals surface area contributed by atoms with E-state index < -0.39 is 0 Å². The molecule has 0 amide bonds. The predicted molar refractivity (Wildman–Crippen MR) is 320 cm³/mol. The number of aromatic nitrogens is 2. The fraction of sp³-hybridized carbons (Fsp3) is 0.111. The molecule has 0 aliphatic heterocycles. The molecule has 4 heteroatoms. The van der Waals surface area contributed by atoms with E-state index in [1.54, 1.807) is 0 Å². The molecule has 0 aliphatic rings. The summed E-state index contributed by atoms with van der Waals surface area (Å²) in [5.41, 5.74) is 19.7. The third kappa shape index (κ3) is 7.65. The van der Waals surface area contributed by atoms with Crippen LogP contribution in [0.1, 0.15) is 58.2 Å². The van der Waals surface area contributed by atoms with E-state index in [1.807, 2.05) is 36.4 Å². The van der Waals surface area contributed by atoms with Crippen LogP contribution in [0, 0.1) is 17.9 Å². The Bertz CT molecular complexity index is 4270. The molecular weight excluding hydrogens is 921 g/mol. The molecule has 0 fully saturated rings. The minimum Gasteiger partial charge on any atom is -0.309 e. The molecule has 0 atom stereocenters. The normalized spacial score (nSPS) is 12.1. The average Bonchev–Trinajstić information content (AvgIpc) is 3.97. The SMILES string of the molecule is [C-]#[N+]c1ccc2c(c1)c1cc(-c3ccc(-c4ccc5c(C(C)(C)C)c6cc(-c7ccc(-c8ccc9c(c8)c8cc(C#N)ccc8n9-c8ccccc8)cc7)ccc6c(C(C)(C)C)c5c4)cc3)ccc1n2-c1ccccc1. The first-order chi connectivity index (χ1) is 36.8. The van der Waals surface area contributed by atoms with Crippen molar-refractivity contribution in [3.63, 3.8) is 0 Å². The van der Waals surface area contributed by atoms with Crippen molar-refractivity contribution in [2.75, 3.05) is 0 Å². The predicted octanol–water partition coefficient (Wildman–Crippen LogP) is 19.9. The molecule has 2 aromatic heterocycles. The second-order valence-electron chi connectivity index (χ2n) is 22.4. The van der Waals surface area contributed by atoms with Crippen LogP contribution in [0.2, 0.25) is 0 Å². The van der Waals surface area contributed by atoms with Crippen LogP contribution in [-0.2, 0) is 10.8 Å². The van der Waals surface area contributed by atoms with Gasteiger partial charge in [-0.3, -0.25) is 0 Å². The van der Waals surface area contributed by atoms with E-state index in [1.165, 1.54) is 54.9 Å². The Morgan fingerprint density at radius 3 is 1.05 bits per heavy atom. The molecule has 13 rings (SSSR count). The topological polar surface area (TPSA) is 38.0 Å². The molecule has 11 aromatic carbocycles. The van der Waals surface area contributed by atoms with Crippen molar-refractivity contribution in [1.82, 2.24) is 9.13 Å². The van der Waals surface area contributed by atoms with Gasteiger partial charge in [-0.05, 0) is 184 Å². The molecule has 362 valence electrons. The first-order valence-corrected chi connectivity index (χ1v) is 26.2. The molecule has 0 unspecified atom stereocenters. The van der Waals surface area contributed by atoms with Crippen LogP contribution in [0.15, 0.2) is 218 Å². The van der Waals surface area contributed by atoms with E-state index in [0.717, 1.165) is 77.2 Å². The maximum absolute atomic E-state index is 9.85. The van der Waals surface area contributed by atoms with Crippen molar-refractivity contribution < 1.29 is 0 Å². The first-order valence-electron chi connectivity index (χ1n) is 26.2.